The summed E-state index contributed by atoms with van der Waals surface area (Å²) in [5.41, 5.74) is 7.25. The second-order valence-electron chi connectivity index (χ2n) is 17.5. The van der Waals surface area contributed by atoms with E-state index in [1.807, 2.05) is 75.7 Å². The molecule has 14 nitrogen and oxygen atoms in total. The number of fused-ring (bicyclic) bond motifs is 1. The third kappa shape index (κ3) is 12.3. The molecule has 0 saturated carbocycles. The monoisotopic (exact) mass is 943 g/mol. The van der Waals surface area contributed by atoms with Gasteiger partial charge < -0.3 is 40.0 Å². The van der Waals surface area contributed by atoms with E-state index in [2.05, 4.69) is 31.7 Å². The molecule has 4 heterocycles. The van der Waals surface area contributed by atoms with Gasteiger partial charge in [-0.05, 0) is 65.8 Å². The molecule has 2 aliphatic heterocycles. The molecule has 1 fully saturated rings. The summed E-state index contributed by atoms with van der Waals surface area (Å²) in [4.78, 5) is 65.4. The van der Waals surface area contributed by atoms with Gasteiger partial charge in [-0.15, -0.1) is 11.3 Å². The van der Waals surface area contributed by atoms with Crippen LogP contribution < -0.4 is 20.7 Å². The summed E-state index contributed by atoms with van der Waals surface area (Å²) in [7, 11) is 0. The van der Waals surface area contributed by atoms with Gasteiger partial charge in [-0.3, -0.25) is 19.2 Å². The fourth-order valence-corrected chi connectivity index (χ4v) is 9.13. The maximum Gasteiger partial charge on any atom is 0.246 e. The lowest BCUT2D eigenvalue weighted by Crippen LogP contribution is -2.57. The number of nitrogens with one attached hydrogen (secondary N) is 3. The maximum absolute atomic E-state index is 14.1. The van der Waals surface area contributed by atoms with Gasteiger partial charge >= 0.3 is 0 Å². The molecule has 3 unspecified atom stereocenters. The SMILES string of the molecule is Cc1ncsc1-c1ccc(CNC(=O)C2CC(O)CN2C(=O)C(NC(=O)CCOCCOc2ccc(-c3cn4c(n3)CCC4)cc2CNC(=O)Cc2ccc(Cl)c(Cl)c2)C(C)(C)C)cc1. The Morgan fingerprint density at radius 1 is 0.923 bits per heavy atom. The number of carbonyl (C=O) groups is 4. The molecule has 344 valence electrons. The summed E-state index contributed by atoms with van der Waals surface area (Å²) in [6.45, 7) is 9.27. The molecule has 0 aliphatic carbocycles. The minimum Gasteiger partial charge on any atom is -0.491 e. The van der Waals surface area contributed by atoms with E-state index in [0.29, 0.717) is 15.8 Å². The minimum atomic E-state index is -0.962. The second-order valence-corrected chi connectivity index (χ2v) is 19.2. The standard InChI is InChI=1S/C48H55Cl2N7O7S/c1-29-44(65-28-53-29)32-10-7-30(8-11-32)24-52-46(61)39-23-35(58)26-57(39)47(62)45(48(2,3)4)55-42(59)15-17-63-18-19-64-40-14-12-33(38-27-56-16-5-6-41(56)54-38)22-34(40)25-51-43(60)21-31-9-13-36(49)37(50)20-31/h7-14,20,22,27-28,35,39,45,58H,5-6,15-19,21,23-26H2,1-4H3,(H,51,60)(H,52,61)(H,55,59). The van der Waals surface area contributed by atoms with Crippen LogP contribution in [0.1, 0.15) is 68.2 Å². The van der Waals surface area contributed by atoms with Gasteiger partial charge in [0.05, 0.1) is 57.6 Å². The third-order valence-electron chi connectivity index (χ3n) is 11.5. The van der Waals surface area contributed by atoms with E-state index in [1.165, 1.54) is 4.90 Å². The third-order valence-corrected chi connectivity index (χ3v) is 13.2. The van der Waals surface area contributed by atoms with Gasteiger partial charge in [-0.1, -0.05) is 74.3 Å². The molecular formula is C48H55Cl2N7O7S. The highest BCUT2D eigenvalue weighted by atomic mass is 35.5. The first kappa shape index (κ1) is 47.6. The first-order chi connectivity index (χ1) is 31.1. The van der Waals surface area contributed by atoms with E-state index in [-0.39, 0.29) is 70.5 Å². The van der Waals surface area contributed by atoms with Gasteiger partial charge in [0.2, 0.25) is 23.6 Å². The molecule has 4 amide bonds. The van der Waals surface area contributed by atoms with Crippen molar-refractivity contribution < 1.29 is 33.8 Å². The van der Waals surface area contributed by atoms with E-state index in [4.69, 9.17) is 37.7 Å². The molecule has 5 aromatic rings. The number of hydrogen-bond acceptors (Lipinski definition) is 10. The van der Waals surface area contributed by atoms with Crippen molar-refractivity contribution in [2.45, 2.75) is 97.6 Å². The predicted octanol–water partition coefficient (Wildman–Crippen LogP) is 6.69. The van der Waals surface area contributed by atoms with Gasteiger partial charge in [0.15, 0.2) is 0 Å². The van der Waals surface area contributed by atoms with E-state index in [0.717, 1.165) is 69.3 Å². The van der Waals surface area contributed by atoms with Gasteiger partial charge in [-0.2, -0.15) is 0 Å². The molecular weight excluding hydrogens is 890 g/mol. The smallest absolute Gasteiger partial charge is 0.246 e. The molecule has 0 bridgehead atoms. The van der Waals surface area contributed by atoms with Crippen molar-refractivity contribution in [1.29, 1.82) is 0 Å². The number of aliphatic hydroxyl groups excluding tert-OH is 1. The van der Waals surface area contributed by atoms with Crippen LogP contribution in [0, 0.1) is 12.3 Å². The number of benzene rings is 3. The van der Waals surface area contributed by atoms with Crippen LogP contribution in [0.2, 0.25) is 10.0 Å². The topological polar surface area (TPSA) is 177 Å². The highest BCUT2D eigenvalue weighted by Gasteiger charge is 2.44. The number of aryl methyl sites for hydroxylation is 3. The molecule has 3 atom stereocenters. The predicted molar refractivity (Wildman–Crippen MR) is 251 cm³/mol. The maximum atomic E-state index is 14.1. The molecule has 3 aromatic carbocycles. The average Bonchev–Trinajstić information content (AvgIpc) is 4.09. The van der Waals surface area contributed by atoms with Gasteiger partial charge in [0, 0.05) is 62.8 Å². The lowest BCUT2D eigenvalue weighted by Gasteiger charge is -2.35. The van der Waals surface area contributed by atoms with Gasteiger partial charge in [0.1, 0.15) is 30.3 Å². The molecule has 2 aromatic heterocycles. The number of rotatable bonds is 18. The number of aliphatic hydroxyl groups is 1. The molecule has 2 aliphatic rings. The van der Waals surface area contributed by atoms with Crippen LogP contribution >= 0.6 is 34.5 Å². The van der Waals surface area contributed by atoms with E-state index < -0.39 is 35.4 Å². The van der Waals surface area contributed by atoms with Crippen LogP contribution in [-0.2, 0) is 56.4 Å². The van der Waals surface area contributed by atoms with Crippen molar-refractivity contribution in [3.8, 4) is 27.4 Å². The number of thiazole rings is 1. The zero-order chi connectivity index (χ0) is 46.3. The Morgan fingerprint density at radius 3 is 2.42 bits per heavy atom. The van der Waals surface area contributed by atoms with Crippen LogP contribution in [0.5, 0.6) is 5.75 Å². The van der Waals surface area contributed by atoms with Crippen LogP contribution in [0.4, 0.5) is 0 Å². The lowest BCUT2D eigenvalue weighted by atomic mass is 9.85. The number of imidazole rings is 1. The zero-order valence-corrected chi connectivity index (χ0v) is 39.3. The fourth-order valence-electron chi connectivity index (χ4n) is 7.99. The Bertz CT molecular complexity index is 2480. The van der Waals surface area contributed by atoms with Gasteiger partial charge in [0.25, 0.3) is 0 Å². The van der Waals surface area contributed by atoms with Crippen LogP contribution in [-0.4, -0.2) is 92.7 Å². The highest BCUT2D eigenvalue weighted by Crippen LogP contribution is 2.31. The number of β-amino-alcohol motifs (C(OH)–C–C–N with tert-alkyl or cyclic N) is 1. The van der Waals surface area contributed by atoms with Gasteiger partial charge in [-0.25, -0.2) is 9.97 Å². The summed E-state index contributed by atoms with van der Waals surface area (Å²) in [6, 6.07) is 16.9. The number of hydrogen-bond donors (Lipinski definition) is 4. The number of likely N-dealkylation sites (tertiary alicyclic amines) is 1. The summed E-state index contributed by atoms with van der Waals surface area (Å²) < 4.78 is 14.1. The van der Waals surface area contributed by atoms with Crippen LogP contribution in [0.3, 0.4) is 0 Å². The van der Waals surface area contributed by atoms with E-state index in [1.54, 1.807) is 29.5 Å². The van der Waals surface area contributed by atoms with Crippen molar-refractivity contribution in [3.05, 3.63) is 111 Å². The van der Waals surface area contributed by atoms with Crippen LogP contribution in [0.25, 0.3) is 21.7 Å². The number of amides is 4. The van der Waals surface area contributed by atoms with Crippen molar-refractivity contribution in [2.75, 3.05) is 26.4 Å². The van der Waals surface area contributed by atoms with Crippen LogP contribution in [0.15, 0.2) is 72.4 Å². The summed E-state index contributed by atoms with van der Waals surface area (Å²) >= 11 is 13.8. The summed E-state index contributed by atoms with van der Waals surface area (Å²) in [5.74, 6) is 0.221. The van der Waals surface area contributed by atoms with E-state index >= 15 is 0 Å². The van der Waals surface area contributed by atoms with Crippen molar-refractivity contribution in [1.82, 2.24) is 35.4 Å². The van der Waals surface area contributed by atoms with Crippen molar-refractivity contribution >= 4 is 58.2 Å². The molecule has 0 radical (unpaired) electrons. The first-order valence-corrected chi connectivity index (χ1v) is 23.4. The molecule has 65 heavy (non-hydrogen) atoms. The largest absolute Gasteiger partial charge is 0.491 e. The molecule has 0 spiro atoms. The second kappa shape index (κ2) is 21.3. The number of nitrogens with zero attached hydrogens (tertiary/aromatic N) is 4. The Balaban J connectivity index is 0.893. The Labute approximate surface area is 393 Å². The normalized spacial score (nSPS) is 16.3. The average molecular weight is 945 g/mol. The number of ether oxygens (including phenoxy) is 2. The first-order valence-electron chi connectivity index (χ1n) is 21.8. The molecule has 1 saturated heterocycles. The van der Waals surface area contributed by atoms with Crippen molar-refractivity contribution in [2.24, 2.45) is 5.41 Å². The lowest BCUT2D eigenvalue weighted by molar-refractivity contribution is -0.144. The molecule has 17 heteroatoms. The Hall–Kier alpha value is -5.32. The van der Waals surface area contributed by atoms with E-state index in [9.17, 15) is 24.3 Å². The number of aromatic nitrogens is 3. The highest BCUT2D eigenvalue weighted by molar-refractivity contribution is 7.13. The Kier molecular flexibility index (Phi) is 15.6. The summed E-state index contributed by atoms with van der Waals surface area (Å²) in [5, 5.41) is 20.2. The molecule has 7 rings (SSSR count). The fraction of sp³-hybridized carbons (Fsp3) is 0.417. The zero-order valence-electron chi connectivity index (χ0n) is 37.0. The minimum absolute atomic E-state index is 0.0206. The van der Waals surface area contributed by atoms with Crippen molar-refractivity contribution in [3.63, 3.8) is 0 Å². The number of halogens is 2. The molecule has 4 N–H and O–H groups in total. The Morgan fingerprint density at radius 2 is 1.69 bits per heavy atom. The summed E-state index contributed by atoms with van der Waals surface area (Å²) in [6.07, 6.45) is 3.38. The quantitative estimate of drug-likeness (QED) is 0.0698. The number of carbonyl (C=O) groups excluding carboxylic acids is 4.